The van der Waals surface area contributed by atoms with E-state index >= 15 is 0 Å². The number of para-hydroxylation sites is 1. The Kier molecular flexibility index (Phi) is 5.77. The van der Waals surface area contributed by atoms with Gasteiger partial charge < -0.3 is 28.7 Å². The van der Waals surface area contributed by atoms with E-state index in [0.717, 1.165) is 29.9 Å². The maximum absolute atomic E-state index is 12.9. The molecule has 0 radical (unpaired) electrons. The Hall–Kier alpha value is -2.48. The molecule has 0 unspecified atom stereocenters. The molecule has 30 heavy (non-hydrogen) atoms. The molecule has 3 heterocycles. The number of benzene rings is 1. The van der Waals surface area contributed by atoms with Crippen molar-refractivity contribution in [2.45, 2.75) is 51.4 Å². The zero-order valence-electron chi connectivity index (χ0n) is 17.9. The van der Waals surface area contributed by atoms with Crippen LogP contribution in [0.4, 0.5) is 4.79 Å². The van der Waals surface area contributed by atoms with Gasteiger partial charge in [0.05, 0.1) is 25.2 Å². The number of likely N-dealkylation sites (tertiary alicyclic amines) is 2. The SMILES string of the molecule is CC(C)(C)OC(=O)N1CC(OCC(=O)N2CCC[C@H]2c2cccc3c2OCCO3)C1. The lowest BCUT2D eigenvalue weighted by molar-refractivity contribution is -0.143. The van der Waals surface area contributed by atoms with E-state index in [-0.39, 0.29) is 30.8 Å². The van der Waals surface area contributed by atoms with Gasteiger partial charge in [-0.05, 0) is 39.7 Å². The van der Waals surface area contributed by atoms with E-state index in [2.05, 4.69) is 0 Å². The Bertz CT molecular complexity index is 799. The number of hydrogen-bond donors (Lipinski definition) is 0. The smallest absolute Gasteiger partial charge is 0.410 e. The fourth-order valence-corrected chi connectivity index (χ4v) is 4.04. The second-order valence-corrected chi connectivity index (χ2v) is 8.93. The van der Waals surface area contributed by atoms with Crippen LogP contribution in [-0.2, 0) is 14.3 Å². The first-order chi connectivity index (χ1) is 14.3. The van der Waals surface area contributed by atoms with Gasteiger partial charge in [0, 0.05) is 12.1 Å². The van der Waals surface area contributed by atoms with Crippen LogP contribution in [0.15, 0.2) is 18.2 Å². The summed E-state index contributed by atoms with van der Waals surface area (Å²) in [4.78, 5) is 28.3. The van der Waals surface area contributed by atoms with Crippen molar-refractivity contribution in [3.8, 4) is 11.5 Å². The summed E-state index contributed by atoms with van der Waals surface area (Å²) in [6, 6.07) is 5.82. The second-order valence-electron chi connectivity index (χ2n) is 8.93. The fraction of sp³-hybridized carbons (Fsp3) is 0.636. The summed E-state index contributed by atoms with van der Waals surface area (Å²) >= 11 is 0. The summed E-state index contributed by atoms with van der Waals surface area (Å²) in [5.74, 6) is 1.45. The Morgan fingerprint density at radius 1 is 1.17 bits per heavy atom. The van der Waals surface area contributed by atoms with Crippen molar-refractivity contribution in [3.05, 3.63) is 23.8 Å². The average molecular weight is 418 g/mol. The number of ether oxygens (including phenoxy) is 4. The third-order valence-electron chi connectivity index (χ3n) is 5.47. The molecule has 1 aromatic carbocycles. The lowest BCUT2D eigenvalue weighted by atomic mass is 10.0. The van der Waals surface area contributed by atoms with Gasteiger partial charge in [-0.1, -0.05) is 12.1 Å². The largest absolute Gasteiger partial charge is 0.486 e. The lowest BCUT2D eigenvalue weighted by Crippen LogP contribution is -2.56. The molecule has 8 heteroatoms. The van der Waals surface area contributed by atoms with Gasteiger partial charge in [0.1, 0.15) is 25.4 Å². The van der Waals surface area contributed by atoms with Gasteiger partial charge in [0.15, 0.2) is 11.5 Å². The van der Waals surface area contributed by atoms with Crippen LogP contribution in [0.2, 0.25) is 0 Å². The van der Waals surface area contributed by atoms with Gasteiger partial charge in [0.2, 0.25) is 5.91 Å². The van der Waals surface area contributed by atoms with Gasteiger partial charge in [-0.3, -0.25) is 4.79 Å². The van der Waals surface area contributed by atoms with E-state index in [1.807, 2.05) is 43.9 Å². The highest BCUT2D eigenvalue weighted by Gasteiger charge is 2.37. The minimum Gasteiger partial charge on any atom is -0.486 e. The highest BCUT2D eigenvalue weighted by molar-refractivity contribution is 5.78. The Labute approximate surface area is 177 Å². The summed E-state index contributed by atoms with van der Waals surface area (Å²) in [6.45, 7) is 8.18. The van der Waals surface area contributed by atoms with Crippen LogP contribution in [0.1, 0.15) is 45.2 Å². The van der Waals surface area contributed by atoms with Crippen molar-refractivity contribution in [2.24, 2.45) is 0 Å². The average Bonchev–Trinajstić information content (AvgIpc) is 3.14. The molecule has 3 aliphatic heterocycles. The molecular weight excluding hydrogens is 388 g/mol. The first kappa shape index (κ1) is 20.8. The van der Waals surface area contributed by atoms with Crippen LogP contribution in [0.5, 0.6) is 11.5 Å². The number of nitrogens with zero attached hydrogens (tertiary/aromatic N) is 2. The lowest BCUT2D eigenvalue weighted by Gasteiger charge is -2.39. The van der Waals surface area contributed by atoms with Crippen LogP contribution in [-0.4, -0.2) is 73.0 Å². The molecule has 2 fully saturated rings. The summed E-state index contributed by atoms with van der Waals surface area (Å²) in [5, 5.41) is 0. The first-order valence-electron chi connectivity index (χ1n) is 10.6. The minimum atomic E-state index is -0.519. The van der Waals surface area contributed by atoms with Crippen molar-refractivity contribution in [1.29, 1.82) is 0 Å². The second kappa shape index (κ2) is 8.34. The van der Waals surface area contributed by atoms with Gasteiger partial charge in [0.25, 0.3) is 0 Å². The molecule has 3 aliphatic rings. The Morgan fingerprint density at radius 2 is 1.93 bits per heavy atom. The molecule has 1 atom stereocenters. The fourth-order valence-electron chi connectivity index (χ4n) is 4.04. The molecule has 0 saturated carbocycles. The number of fused-ring (bicyclic) bond motifs is 1. The van der Waals surface area contributed by atoms with Crippen LogP contribution in [0.3, 0.4) is 0 Å². The molecular formula is C22H30N2O6. The topological polar surface area (TPSA) is 77.5 Å². The van der Waals surface area contributed by atoms with Crippen molar-refractivity contribution >= 4 is 12.0 Å². The van der Waals surface area contributed by atoms with E-state index in [0.29, 0.717) is 32.8 Å². The number of carbonyl (C=O) groups excluding carboxylic acids is 2. The third kappa shape index (κ3) is 4.48. The van der Waals surface area contributed by atoms with Crippen molar-refractivity contribution < 1.29 is 28.5 Å². The first-order valence-corrected chi connectivity index (χ1v) is 10.6. The van der Waals surface area contributed by atoms with Gasteiger partial charge in [-0.25, -0.2) is 4.79 Å². The van der Waals surface area contributed by atoms with Crippen LogP contribution in [0, 0.1) is 0 Å². The van der Waals surface area contributed by atoms with Crippen LogP contribution >= 0.6 is 0 Å². The van der Waals surface area contributed by atoms with Gasteiger partial charge in [-0.2, -0.15) is 0 Å². The highest BCUT2D eigenvalue weighted by Crippen LogP contribution is 2.42. The molecule has 0 spiro atoms. The minimum absolute atomic E-state index is 0.00963. The summed E-state index contributed by atoms with van der Waals surface area (Å²) in [7, 11) is 0. The zero-order chi connectivity index (χ0) is 21.3. The monoisotopic (exact) mass is 418 g/mol. The molecule has 0 aliphatic carbocycles. The number of amides is 2. The summed E-state index contributed by atoms with van der Waals surface area (Å²) < 4.78 is 22.6. The number of carbonyl (C=O) groups is 2. The molecule has 4 rings (SSSR count). The summed E-state index contributed by atoms with van der Waals surface area (Å²) in [5.41, 5.74) is 0.479. The van der Waals surface area contributed by atoms with Crippen LogP contribution < -0.4 is 9.47 Å². The molecule has 0 aromatic heterocycles. The van der Waals surface area contributed by atoms with E-state index in [1.54, 1.807) is 4.90 Å². The van der Waals surface area contributed by atoms with Crippen molar-refractivity contribution in [3.63, 3.8) is 0 Å². The summed E-state index contributed by atoms with van der Waals surface area (Å²) in [6.07, 6.45) is 1.35. The quantitative estimate of drug-likeness (QED) is 0.748. The predicted octanol–water partition coefficient (Wildman–Crippen LogP) is 2.76. The highest BCUT2D eigenvalue weighted by atomic mass is 16.6. The van der Waals surface area contributed by atoms with Crippen molar-refractivity contribution in [1.82, 2.24) is 9.80 Å². The number of hydrogen-bond acceptors (Lipinski definition) is 6. The normalized spacial score (nSPS) is 21.4. The molecule has 0 bridgehead atoms. The predicted molar refractivity (Wildman–Crippen MR) is 109 cm³/mol. The van der Waals surface area contributed by atoms with E-state index in [4.69, 9.17) is 18.9 Å². The molecule has 0 N–H and O–H groups in total. The van der Waals surface area contributed by atoms with E-state index in [1.165, 1.54) is 0 Å². The Morgan fingerprint density at radius 3 is 2.70 bits per heavy atom. The zero-order valence-corrected chi connectivity index (χ0v) is 17.9. The number of rotatable bonds is 4. The third-order valence-corrected chi connectivity index (χ3v) is 5.47. The molecule has 8 nitrogen and oxygen atoms in total. The van der Waals surface area contributed by atoms with Crippen LogP contribution in [0.25, 0.3) is 0 Å². The molecule has 1 aromatic rings. The molecule has 164 valence electrons. The molecule has 2 amide bonds. The van der Waals surface area contributed by atoms with Crippen molar-refractivity contribution in [2.75, 3.05) is 39.5 Å². The van der Waals surface area contributed by atoms with E-state index < -0.39 is 5.60 Å². The Balaban J connectivity index is 1.30. The maximum Gasteiger partial charge on any atom is 0.410 e. The van der Waals surface area contributed by atoms with Gasteiger partial charge in [-0.15, -0.1) is 0 Å². The van der Waals surface area contributed by atoms with Gasteiger partial charge >= 0.3 is 6.09 Å². The molecule has 2 saturated heterocycles. The van der Waals surface area contributed by atoms with E-state index in [9.17, 15) is 9.59 Å². The standard InChI is InChI=1S/C22H30N2O6/c1-22(2,3)30-21(26)23-12-15(13-23)29-14-19(25)24-9-5-7-17(24)16-6-4-8-18-20(16)28-11-10-27-18/h4,6,8,15,17H,5,7,9-14H2,1-3H3/t17-/m0/s1. The maximum atomic E-state index is 12.9.